The van der Waals surface area contributed by atoms with Crippen molar-refractivity contribution in [1.29, 1.82) is 0 Å². The lowest BCUT2D eigenvalue weighted by Gasteiger charge is -2.21. The van der Waals surface area contributed by atoms with Gasteiger partial charge in [0.1, 0.15) is 0 Å². The number of Topliss-reactive ketones (excluding diaryl/α,β-unsaturated/α-hetero) is 1. The standard InChI is InChI=1S/C12H12O5/c1-12(2,9(13)11(16)17)8-5-3-7(4-6-8)10(14)15/h3-6H,1-2H3,(H,14,15)(H,16,17). The van der Waals surface area contributed by atoms with Crippen molar-refractivity contribution >= 4 is 17.7 Å². The summed E-state index contributed by atoms with van der Waals surface area (Å²) in [5, 5.41) is 17.4. The fourth-order valence-electron chi connectivity index (χ4n) is 1.43. The number of hydrogen-bond donors (Lipinski definition) is 2. The predicted octanol–water partition coefficient (Wildman–Crippen LogP) is 1.32. The third-order valence-corrected chi connectivity index (χ3v) is 2.62. The second-order valence-corrected chi connectivity index (χ2v) is 4.14. The molecule has 0 atom stereocenters. The first-order valence-electron chi connectivity index (χ1n) is 4.88. The Hall–Kier alpha value is -2.17. The smallest absolute Gasteiger partial charge is 0.373 e. The minimum atomic E-state index is -1.50. The number of ketones is 1. The monoisotopic (exact) mass is 236 g/mol. The first-order valence-corrected chi connectivity index (χ1v) is 4.88. The second-order valence-electron chi connectivity index (χ2n) is 4.14. The lowest BCUT2D eigenvalue weighted by molar-refractivity contribution is -0.151. The average molecular weight is 236 g/mol. The molecule has 0 heterocycles. The molecule has 2 N–H and O–H groups in total. The van der Waals surface area contributed by atoms with E-state index in [2.05, 4.69) is 0 Å². The Bertz CT molecular complexity index is 470. The highest BCUT2D eigenvalue weighted by Gasteiger charge is 2.34. The van der Waals surface area contributed by atoms with Gasteiger partial charge in [-0.15, -0.1) is 0 Å². The molecule has 1 aromatic rings. The number of carboxylic acid groups (broad SMARTS) is 2. The molecule has 0 aliphatic carbocycles. The minimum Gasteiger partial charge on any atom is -0.478 e. The fraction of sp³-hybridized carbons (Fsp3) is 0.250. The van der Waals surface area contributed by atoms with E-state index in [-0.39, 0.29) is 5.56 Å². The molecule has 0 saturated heterocycles. The van der Waals surface area contributed by atoms with Gasteiger partial charge in [-0.1, -0.05) is 12.1 Å². The molecule has 0 bridgehead atoms. The van der Waals surface area contributed by atoms with Crippen molar-refractivity contribution in [3.63, 3.8) is 0 Å². The van der Waals surface area contributed by atoms with Crippen LogP contribution in [0.2, 0.25) is 0 Å². The topological polar surface area (TPSA) is 91.7 Å². The van der Waals surface area contributed by atoms with Crippen LogP contribution in [0.5, 0.6) is 0 Å². The van der Waals surface area contributed by atoms with Crippen molar-refractivity contribution < 1.29 is 24.6 Å². The predicted molar refractivity (Wildman–Crippen MR) is 59.1 cm³/mol. The summed E-state index contributed by atoms with van der Waals surface area (Å²) in [5.74, 6) is -3.50. The fourth-order valence-corrected chi connectivity index (χ4v) is 1.43. The number of aromatic carboxylic acids is 1. The zero-order chi connectivity index (χ0) is 13.2. The van der Waals surface area contributed by atoms with Crippen LogP contribution in [0.4, 0.5) is 0 Å². The Morgan fingerprint density at radius 3 is 1.82 bits per heavy atom. The van der Waals surface area contributed by atoms with Gasteiger partial charge in [0.05, 0.1) is 11.0 Å². The van der Waals surface area contributed by atoms with Crippen LogP contribution >= 0.6 is 0 Å². The second kappa shape index (κ2) is 4.37. The quantitative estimate of drug-likeness (QED) is 0.769. The molecule has 0 spiro atoms. The van der Waals surface area contributed by atoms with Crippen molar-refractivity contribution in [3.8, 4) is 0 Å². The Kier molecular flexibility index (Phi) is 3.31. The molecule has 5 heteroatoms. The Balaban J connectivity index is 3.12. The minimum absolute atomic E-state index is 0.0901. The third-order valence-electron chi connectivity index (χ3n) is 2.62. The Morgan fingerprint density at radius 2 is 1.47 bits per heavy atom. The van der Waals surface area contributed by atoms with Crippen molar-refractivity contribution in [3.05, 3.63) is 35.4 Å². The molecule has 0 radical (unpaired) electrons. The van der Waals surface area contributed by atoms with Crippen molar-refractivity contribution in [2.75, 3.05) is 0 Å². The molecule has 1 rings (SSSR count). The first-order chi connectivity index (χ1) is 7.76. The summed E-state index contributed by atoms with van der Waals surface area (Å²) >= 11 is 0. The van der Waals surface area contributed by atoms with Gasteiger partial charge in [0.15, 0.2) is 0 Å². The van der Waals surface area contributed by atoms with Crippen LogP contribution in [0.15, 0.2) is 24.3 Å². The molecular formula is C12H12O5. The summed E-state index contributed by atoms with van der Waals surface area (Å²) in [4.78, 5) is 32.8. The van der Waals surface area contributed by atoms with E-state index in [4.69, 9.17) is 10.2 Å². The van der Waals surface area contributed by atoms with Crippen molar-refractivity contribution in [2.45, 2.75) is 19.3 Å². The molecule has 1 aromatic carbocycles. The summed E-state index contributed by atoms with van der Waals surface area (Å²) in [6, 6.07) is 5.58. The highest BCUT2D eigenvalue weighted by atomic mass is 16.4. The van der Waals surface area contributed by atoms with E-state index in [1.165, 1.54) is 38.1 Å². The summed E-state index contributed by atoms with van der Waals surface area (Å²) in [6.45, 7) is 2.97. The number of aliphatic carboxylic acids is 1. The molecule has 0 saturated carbocycles. The molecule has 0 unspecified atom stereocenters. The van der Waals surface area contributed by atoms with E-state index < -0.39 is 23.1 Å². The van der Waals surface area contributed by atoms with E-state index in [9.17, 15) is 14.4 Å². The molecule has 0 aliphatic rings. The van der Waals surface area contributed by atoms with Crippen LogP contribution in [0.1, 0.15) is 29.8 Å². The average Bonchev–Trinajstić information content (AvgIpc) is 2.27. The molecule has 0 amide bonds. The SMILES string of the molecule is CC(C)(C(=O)C(=O)O)c1ccc(C(=O)O)cc1. The van der Waals surface area contributed by atoms with Crippen LogP contribution in [-0.4, -0.2) is 27.9 Å². The summed E-state index contributed by atoms with van der Waals surface area (Å²) in [7, 11) is 0. The summed E-state index contributed by atoms with van der Waals surface area (Å²) < 4.78 is 0. The molecule has 0 fully saturated rings. The van der Waals surface area contributed by atoms with Crippen molar-refractivity contribution in [1.82, 2.24) is 0 Å². The summed E-state index contributed by atoms with van der Waals surface area (Å²) in [6.07, 6.45) is 0. The maximum atomic E-state index is 11.5. The summed E-state index contributed by atoms with van der Waals surface area (Å²) in [5.41, 5.74) is -0.620. The normalized spacial score (nSPS) is 10.9. The van der Waals surface area contributed by atoms with Gasteiger partial charge >= 0.3 is 11.9 Å². The Labute approximate surface area is 97.7 Å². The number of carbonyl (C=O) groups excluding carboxylic acids is 1. The number of carboxylic acids is 2. The van der Waals surface area contributed by atoms with Gasteiger partial charge in [0, 0.05) is 0 Å². The third kappa shape index (κ3) is 2.50. The molecule has 5 nitrogen and oxygen atoms in total. The highest BCUT2D eigenvalue weighted by Crippen LogP contribution is 2.24. The van der Waals surface area contributed by atoms with Crippen LogP contribution in [0.25, 0.3) is 0 Å². The van der Waals surface area contributed by atoms with E-state index >= 15 is 0 Å². The molecule has 0 aliphatic heterocycles. The van der Waals surface area contributed by atoms with E-state index in [0.717, 1.165) is 0 Å². The van der Waals surface area contributed by atoms with Gasteiger partial charge in [-0.2, -0.15) is 0 Å². The van der Waals surface area contributed by atoms with Gasteiger partial charge in [0.2, 0.25) is 5.78 Å². The lowest BCUT2D eigenvalue weighted by Crippen LogP contribution is -2.35. The lowest BCUT2D eigenvalue weighted by atomic mass is 9.80. The highest BCUT2D eigenvalue weighted by molar-refractivity contribution is 6.36. The van der Waals surface area contributed by atoms with Gasteiger partial charge < -0.3 is 10.2 Å². The number of benzene rings is 1. The maximum Gasteiger partial charge on any atom is 0.373 e. The number of carbonyl (C=O) groups is 3. The van der Waals surface area contributed by atoms with Crippen LogP contribution < -0.4 is 0 Å². The van der Waals surface area contributed by atoms with E-state index in [1.54, 1.807) is 0 Å². The zero-order valence-corrected chi connectivity index (χ0v) is 9.43. The largest absolute Gasteiger partial charge is 0.478 e. The molecular weight excluding hydrogens is 224 g/mol. The van der Waals surface area contributed by atoms with Crippen LogP contribution in [-0.2, 0) is 15.0 Å². The van der Waals surface area contributed by atoms with Gasteiger partial charge in [-0.25, -0.2) is 9.59 Å². The van der Waals surface area contributed by atoms with E-state index in [0.29, 0.717) is 5.56 Å². The van der Waals surface area contributed by atoms with Crippen LogP contribution in [0, 0.1) is 0 Å². The number of hydrogen-bond acceptors (Lipinski definition) is 3. The van der Waals surface area contributed by atoms with Gasteiger partial charge in [0.25, 0.3) is 0 Å². The maximum absolute atomic E-state index is 11.5. The number of rotatable bonds is 4. The van der Waals surface area contributed by atoms with E-state index in [1.807, 2.05) is 0 Å². The van der Waals surface area contributed by atoms with Crippen molar-refractivity contribution in [2.24, 2.45) is 0 Å². The molecule has 0 aromatic heterocycles. The van der Waals surface area contributed by atoms with Crippen LogP contribution in [0.3, 0.4) is 0 Å². The zero-order valence-electron chi connectivity index (χ0n) is 9.43. The molecule has 17 heavy (non-hydrogen) atoms. The first kappa shape index (κ1) is 12.9. The molecule has 90 valence electrons. The van der Waals surface area contributed by atoms with Gasteiger partial charge in [-0.3, -0.25) is 4.79 Å². The van der Waals surface area contributed by atoms with Gasteiger partial charge in [-0.05, 0) is 31.5 Å². The Morgan fingerprint density at radius 1 is 1.00 bits per heavy atom.